The van der Waals surface area contributed by atoms with Gasteiger partial charge in [-0.3, -0.25) is 4.57 Å². The first-order valence-electron chi connectivity index (χ1n) is 7.08. The Labute approximate surface area is 140 Å². The van der Waals surface area contributed by atoms with Crippen molar-refractivity contribution in [1.82, 2.24) is 9.55 Å². The van der Waals surface area contributed by atoms with Crippen molar-refractivity contribution >= 4 is 23.5 Å². The summed E-state index contributed by atoms with van der Waals surface area (Å²) < 4.78 is 25.3. The van der Waals surface area contributed by atoms with E-state index in [4.69, 9.17) is 15.2 Å². The number of ether oxygens (including phenoxy) is 2. The standard InChI is InChI=1S/C15H14FN3O4S/c16-10-6-19(15(21)18-13(10)17)11-8-24-12(23-11)7-22-14(20)9-4-2-1-3-5-9/h1-6,11-12H,7-8H2,(H2,17,18,21)/t11?,12-/m0/s1. The lowest BCUT2D eigenvalue weighted by atomic mass is 10.2. The van der Waals surface area contributed by atoms with E-state index in [1.165, 1.54) is 11.8 Å². The van der Waals surface area contributed by atoms with Crippen LogP contribution < -0.4 is 11.4 Å². The number of carbonyl (C=O) groups is 1. The molecule has 24 heavy (non-hydrogen) atoms. The number of rotatable bonds is 4. The molecule has 0 amide bonds. The molecule has 1 saturated heterocycles. The first-order chi connectivity index (χ1) is 11.5. The van der Waals surface area contributed by atoms with E-state index in [0.717, 1.165) is 10.8 Å². The van der Waals surface area contributed by atoms with Crippen LogP contribution in [0.4, 0.5) is 10.2 Å². The number of nitrogens with zero attached hydrogens (tertiary/aromatic N) is 2. The van der Waals surface area contributed by atoms with Crippen molar-refractivity contribution in [3.05, 3.63) is 58.4 Å². The normalized spacial score (nSPS) is 20.0. The Hall–Kier alpha value is -2.39. The molecule has 0 spiro atoms. The number of hydrogen-bond donors (Lipinski definition) is 1. The fraction of sp³-hybridized carbons (Fsp3) is 0.267. The summed E-state index contributed by atoms with van der Waals surface area (Å²) >= 11 is 1.36. The van der Waals surface area contributed by atoms with Crippen LogP contribution in [-0.2, 0) is 9.47 Å². The lowest BCUT2D eigenvalue weighted by molar-refractivity contribution is -0.0181. The highest BCUT2D eigenvalue weighted by atomic mass is 32.2. The molecule has 0 bridgehead atoms. The minimum atomic E-state index is -0.790. The van der Waals surface area contributed by atoms with Crippen LogP contribution >= 0.6 is 11.8 Å². The molecule has 3 rings (SSSR count). The van der Waals surface area contributed by atoms with Crippen molar-refractivity contribution in [2.45, 2.75) is 11.7 Å². The first kappa shape index (κ1) is 16.5. The molecular formula is C15H14FN3O4S. The van der Waals surface area contributed by atoms with E-state index in [1.54, 1.807) is 30.3 Å². The maximum Gasteiger partial charge on any atom is 0.351 e. The zero-order chi connectivity index (χ0) is 17.1. The van der Waals surface area contributed by atoms with Crippen molar-refractivity contribution in [2.24, 2.45) is 0 Å². The second-order valence-electron chi connectivity index (χ2n) is 4.98. The molecule has 1 unspecified atom stereocenters. The van der Waals surface area contributed by atoms with E-state index >= 15 is 0 Å². The summed E-state index contributed by atoms with van der Waals surface area (Å²) in [6.45, 7) is 0.0223. The molecule has 2 aromatic rings. The Morgan fingerprint density at radius 2 is 2.21 bits per heavy atom. The number of nitrogens with two attached hydrogens (primary N) is 1. The molecular weight excluding hydrogens is 337 g/mol. The van der Waals surface area contributed by atoms with Gasteiger partial charge in [-0.1, -0.05) is 18.2 Å². The van der Waals surface area contributed by atoms with Gasteiger partial charge in [0.25, 0.3) is 0 Å². The maximum atomic E-state index is 13.5. The van der Waals surface area contributed by atoms with E-state index < -0.39 is 35.0 Å². The van der Waals surface area contributed by atoms with Crippen LogP contribution in [0.2, 0.25) is 0 Å². The predicted octanol–water partition coefficient (Wildman–Crippen LogP) is 1.41. The molecule has 0 aliphatic carbocycles. The topological polar surface area (TPSA) is 96.4 Å². The number of esters is 1. The third-order valence-electron chi connectivity index (χ3n) is 3.34. The maximum absolute atomic E-state index is 13.5. The lowest BCUT2D eigenvalue weighted by Gasteiger charge is -2.15. The van der Waals surface area contributed by atoms with E-state index in [-0.39, 0.29) is 6.61 Å². The van der Waals surface area contributed by atoms with Gasteiger partial charge in [0.2, 0.25) is 0 Å². The Bertz CT molecular complexity index is 799. The zero-order valence-corrected chi connectivity index (χ0v) is 13.2. The highest BCUT2D eigenvalue weighted by Crippen LogP contribution is 2.31. The van der Waals surface area contributed by atoms with Gasteiger partial charge in [0.15, 0.2) is 11.6 Å². The van der Waals surface area contributed by atoms with Gasteiger partial charge in [0, 0.05) is 5.75 Å². The molecule has 1 aliphatic rings. The Morgan fingerprint density at radius 1 is 1.46 bits per heavy atom. The number of halogens is 1. The van der Waals surface area contributed by atoms with Gasteiger partial charge in [0.05, 0.1) is 11.8 Å². The number of thioether (sulfide) groups is 1. The van der Waals surface area contributed by atoms with E-state index in [9.17, 15) is 14.0 Å². The molecule has 2 atom stereocenters. The second-order valence-corrected chi connectivity index (χ2v) is 6.17. The van der Waals surface area contributed by atoms with Crippen LogP contribution in [0.3, 0.4) is 0 Å². The van der Waals surface area contributed by atoms with Crippen molar-refractivity contribution in [2.75, 3.05) is 18.1 Å². The fourth-order valence-electron chi connectivity index (χ4n) is 2.14. The average Bonchev–Trinajstić information content (AvgIpc) is 3.05. The first-order valence-corrected chi connectivity index (χ1v) is 8.13. The molecule has 1 aliphatic heterocycles. The number of nitrogen functional groups attached to an aromatic ring is 1. The molecule has 1 fully saturated rings. The summed E-state index contributed by atoms with van der Waals surface area (Å²) in [5.41, 5.74) is 4.55. The van der Waals surface area contributed by atoms with Gasteiger partial charge in [-0.25, -0.2) is 14.0 Å². The third-order valence-corrected chi connectivity index (χ3v) is 4.43. The number of aromatic nitrogens is 2. The number of hydrogen-bond acceptors (Lipinski definition) is 7. The van der Waals surface area contributed by atoms with Crippen molar-refractivity contribution in [1.29, 1.82) is 0 Å². The monoisotopic (exact) mass is 351 g/mol. The van der Waals surface area contributed by atoms with Gasteiger partial charge in [-0.15, -0.1) is 11.8 Å². The minimum Gasteiger partial charge on any atom is -0.458 e. The third kappa shape index (κ3) is 3.57. The summed E-state index contributed by atoms with van der Waals surface area (Å²) in [5, 5.41) is 0. The summed E-state index contributed by atoms with van der Waals surface area (Å²) in [6, 6.07) is 8.58. The van der Waals surface area contributed by atoms with Crippen LogP contribution in [-0.4, -0.2) is 33.3 Å². The highest BCUT2D eigenvalue weighted by molar-refractivity contribution is 8.00. The van der Waals surface area contributed by atoms with Gasteiger partial charge in [-0.2, -0.15) is 4.98 Å². The van der Waals surface area contributed by atoms with Gasteiger partial charge in [-0.05, 0) is 12.1 Å². The van der Waals surface area contributed by atoms with Crippen LogP contribution in [0.25, 0.3) is 0 Å². The molecule has 9 heteroatoms. The Kier molecular flexibility index (Phi) is 4.81. The zero-order valence-electron chi connectivity index (χ0n) is 12.4. The van der Waals surface area contributed by atoms with Gasteiger partial charge >= 0.3 is 11.7 Å². The summed E-state index contributed by atoms with van der Waals surface area (Å²) in [4.78, 5) is 27.0. The van der Waals surface area contributed by atoms with E-state index in [2.05, 4.69) is 4.98 Å². The predicted molar refractivity (Wildman–Crippen MR) is 86.0 cm³/mol. The van der Waals surface area contributed by atoms with Crippen molar-refractivity contribution in [3.63, 3.8) is 0 Å². The Morgan fingerprint density at radius 3 is 2.96 bits per heavy atom. The van der Waals surface area contributed by atoms with Crippen LogP contribution in [0.15, 0.2) is 41.3 Å². The highest BCUT2D eigenvalue weighted by Gasteiger charge is 2.29. The van der Waals surface area contributed by atoms with Gasteiger partial charge < -0.3 is 15.2 Å². The van der Waals surface area contributed by atoms with Crippen LogP contribution in [0.5, 0.6) is 0 Å². The van der Waals surface area contributed by atoms with E-state index in [0.29, 0.717) is 11.3 Å². The van der Waals surface area contributed by atoms with Crippen molar-refractivity contribution in [3.8, 4) is 0 Å². The van der Waals surface area contributed by atoms with Gasteiger partial charge in [0.1, 0.15) is 18.3 Å². The van der Waals surface area contributed by atoms with E-state index in [1.807, 2.05) is 0 Å². The van der Waals surface area contributed by atoms with Crippen molar-refractivity contribution < 1.29 is 18.7 Å². The van der Waals surface area contributed by atoms with Crippen LogP contribution in [0.1, 0.15) is 16.6 Å². The Balaban J connectivity index is 1.59. The number of benzene rings is 1. The second kappa shape index (κ2) is 7.02. The smallest absolute Gasteiger partial charge is 0.351 e. The minimum absolute atomic E-state index is 0.0223. The quantitative estimate of drug-likeness (QED) is 0.832. The number of anilines is 1. The lowest BCUT2D eigenvalue weighted by Crippen LogP contribution is -2.30. The summed E-state index contributed by atoms with van der Waals surface area (Å²) in [6.07, 6.45) is 0.277. The SMILES string of the molecule is Nc1nc(=O)n(C2CS[C@@H](COC(=O)c3ccccc3)O2)cc1F. The molecule has 1 aromatic carbocycles. The fourth-order valence-corrected chi connectivity index (χ4v) is 3.13. The molecule has 126 valence electrons. The molecule has 0 radical (unpaired) electrons. The average molecular weight is 351 g/mol. The number of carbonyl (C=O) groups excluding carboxylic acids is 1. The molecule has 7 nitrogen and oxygen atoms in total. The summed E-state index contributed by atoms with van der Waals surface area (Å²) in [7, 11) is 0. The largest absolute Gasteiger partial charge is 0.458 e. The molecule has 1 aromatic heterocycles. The van der Waals surface area contributed by atoms with Crippen LogP contribution in [0, 0.1) is 5.82 Å². The molecule has 2 heterocycles. The molecule has 0 saturated carbocycles. The summed E-state index contributed by atoms with van der Waals surface area (Å²) in [5.74, 6) is -1.29. The molecule has 2 N–H and O–H groups in total.